The van der Waals surface area contributed by atoms with E-state index in [4.69, 9.17) is 0 Å². The number of pyridine rings is 1. The fourth-order valence-electron chi connectivity index (χ4n) is 3.81. The van der Waals surface area contributed by atoms with Crippen LogP contribution in [0.1, 0.15) is 60.0 Å². The van der Waals surface area contributed by atoms with Crippen LogP contribution in [0.2, 0.25) is 0 Å². The summed E-state index contributed by atoms with van der Waals surface area (Å²) in [5.41, 5.74) is 4.97. The van der Waals surface area contributed by atoms with Crippen molar-refractivity contribution in [2.45, 2.75) is 44.4 Å². The van der Waals surface area contributed by atoms with Gasteiger partial charge in [-0.3, -0.25) is 9.78 Å². The summed E-state index contributed by atoms with van der Waals surface area (Å²) in [5.74, 6) is 0.102. The molecule has 0 aliphatic heterocycles. The van der Waals surface area contributed by atoms with Gasteiger partial charge in [0.1, 0.15) is 11.2 Å². The highest BCUT2D eigenvalue weighted by atomic mass is 32.1. The Balaban J connectivity index is 1.26. The molecule has 0 spiro atoms. The highest BCUT2D eigenvalue weighted by Gasteiger charge is 2.38. The van der Waals surface area contributed by atoms with E-state index >= 15 is 0 Å². The van der Waals surface area contributed by atoms with Gasteiger partial charge < -0.3 is 9.88 Å². The third-order valence-corrected chi connectivity index (χ3v) is 7.35. The number of aromatic nitrogens is 4. The second-order valence-electron chi connectivity index (χ2n) is 8.78. The number of thiazole rings is 1. The topological polar surface area (TPSA) is 72.7 Å². The SMILES string of the molecule is CC(CC(=O)c1cc2c(cn1)ncn2C)c1cnc(Nc2cccc(C3(C)CC3)c2)s1. The van der Waals surface area contributed by atoms with Gasteiger partial charge in [0.25, 0.3) is 0 Å². The zero-order valence-electron chi connectivity index (χ0n) is 17.9. The highest BCUT2D eigenvalue weighted by molar-refractivity contribution is 7.15. The number of nitrogens with one attached hydrogen (secondary N) is 1. The third-order valence-electron chi connectivity index (χ3n) is 6.21. The number of hydrogen-bond acceptors (Lipinski definition) is 6. The molecule has 5 rings (SSSR count). The number of carbonyl (C=O) groups excluding carboxylic acids is 1. The van der Waals surface area contributed by atoms with E-state index in [1.54, 1.807) is 23.9 Å². The summed E-state index contributed by atoms with van der Waals surface area (Å²) >= 11 is 1.60. The summed E-state index contributed by atoms with van der Waals surface area (Å²) in [7, 11) is 1.92. The van der Waals surface area contributed by atoms with Crippen LogP contribution in [-0.4, -0.2) is 25.3 Å². The van der Waals surface area contributed by atoms with E-state index in [1.165, 1.54) is 18.4 Å². The van der Waals surface area contributed by atoms with E-state index in [0.717, 1.165) is 26.7 Å². The minimum atomic E-state index is 0.0314. The fourth-order valence-corrected chi connectivity index (χ4v) is 4.70. The molecule has 158 valence electrons. The lowest BCUT2D eigenvalue weighted by Crippen LogP contribution is -2.06. The second kappa shape index (κ2) is 7.57. The average molecular weight is 432 g/mol. The summed E-state index contributed by atoms with van der Waals surface area (Å²) in [4.78, 5) is 27.0. The minimum absolute atomic E-state index is 0.0314. The van der Waals surface area contributed by atoms with Crippen molar-refractivity contribution >= 4 is 39.0 Å². The van der Waals surface area contributed by atoms with Crippen molar-refractivity contribution in [3.63, 3.8) is 0 Å². The lowest BCUT2D eigenvalue weighted by molar-refractivity contribution is 0.0971. The smallest absolute Gasteiger partial charge is 0.187 e. The number of ketones is 1. The Morgan fingerprint density at radius 3 is 2.87 bits per heavy atom. The fraction of sp³-hybridized carbons (Fsp3) is 0.333. The van der Waals surface area contributed by atoms with Crippen molar-refractivity contribution in [2.75, 3.05) is 5.32 Å². The van der Waals surface area contributed by atoms with E-state index in [0.29, 0.717) is 17.5 Å². The normalized spacial score (nSPS) is 15.7. The zero-order valence-corrected chi connectivity index (χ0v) is 18.7. The molecule has 1 aromatic carbocycles. The molecule has 1 fully saturated rings. The molecule has 0 radical (unpaired) electrons. The van der Waals surface area contributed by atoms with Gasteiger partial charge in [-0.1, -0.05) is 26.0 Å². The molecule has 1 aliphatic rings. The van der Waals surface area contributed by atoms with Crippen LogP contribution < -0.4 is 5.32 Å². The molecule has 3 heterocycles. The maximum Gasteiger partial charge on any atom is 0.187 e. The number of nitrogens with zero attached hydrogens (tertiary/aromatic N) is 4. The molecule has 3 aromatic heterocycles. The summed E-state index contributed by atoms with van der Waals surface area (Å²) in [6, 6.07) is 10.4. The molecule has 7 heteroatoms. The number of aryl methyl sites for hydroxylation is 1. The first-order chi connectivity index (χ1) is 14.9. The first-order valence-electron chi connectivity index (χ1n) is 10.5. The van der Waals surface area contributed by atoms with Gasteiger partial charge in [-0.15, -0.1) is 11.3 Å². The van der Waals surface area contributed by atoms with Crippen molar-refractivity contribution < 1.29 is 4.79 Å². The van der Waals surface area contributed by atoms with Crippen molar-refractivity contribution in [1.29, 1.82) is 0 Å². The molecule has 0 saturated heterocycles. The maximum absolute atomic E-state index is 12.8. The van der Waals surface area contributed by atoms with E-state index in [-0.39, 0.29) is 11.7 Å². The first kappa shape index (κ1) is 19.9. The number of benzene rings is 1. The molecule has 1 aliphatic carbocycles. The molecule has 1 unspecified atom stereocenters. The standard InChI is InChI=1S/C24H25N5OS/c1-15(9-21(30)18-11-20-19(12-25-18)27-14-29(20)3)22-13-26-23(31-22)28-17-6-4-5-16(10-17)24(2)7-8-24/h4-6,10-15H,7-9H2,1-3H3,(H,26,28). The number of anilines is 2. The van der Waals surface area contributed by atoms with Gasteiger partial charge >= 0.3 is 0 Å². The number of fused-ring (bicyclic) bond motifs is 1. The van der Waals surface area contributed by atoms with Crippen LogP contribution in [0.15, 0.2) is 49.1 Å². The molecule has 0 bridgehead atoms. The monoisotopic (exact) mass is 431 g/mol. The van der Waals surface area contributed by atoms with Crippen LogP contribution >= 0.6 is 11.3 Å². The third kappa shape index (κ3) is 3.97. The van der Waals surface area contributed by atoms with Crippen LogP contribution in [0.3, 0.4) is 0 Å². The number of imidazole rings is 1. The minimum Gasteiger partial charge on any atom is -0.334 e. The molecular formula is C24H25N5OS. The van der Waals surface area contributed by atoms with E-state index in [1.807, 2.05) is 23.9 Å². The van der Waals surface area contributed by atoms with Crippen molar-refractivity contribution in [1.82, 2.24) is 19.5 Å². The Kier molecular flexibility index (Phi) is 4.85. The summed E-state index contributed by atoms with van der Waals surface area (Å²) in [6.07, 6.45) is 8.17. The van der Waals surface area contributed by atoms with Gasteiger partial charge in [-0.25, -0.2) is 9.97 Å². The molecule has 1 atom stereocenters. The molecule has 31 heavy (non-hydrogen) atoms. The van der Waals surface area contributed by atoms with Gasteiger partial charge in [-0.05, 0) is 47.9 Å². The van der Waals surface area contributed by atoms with Crippen LogP contribution in [0.5, 0.6) is 0 Å². The predicted molar refractivity (Wildman–Crippen MR) is 124 cm³/mol. The summed E-state index contributed by atoms with van der Waals surface area (Å²) in [5, 5.41) is 4.28. The van der Waals surface area contributed by atoms with Crippen LogP contribution in [0.25, 0.3) is 11.0 Å². The Morgan fingerprint density at radius 2 is 2.06 bits per heavy atom. The zero-order chi connectivity index (χ0) is 21.6. The van der Waals surface area contributed by atoms with Crippen LogP contribution in [0, 0.1) is 0 Å². The highest BCUT2D eigenvalue weighted by Crippen LogP contribution is 2.48. The van der Waals surface area contributed by atoms with Crippen LogP contribution in [-0.2, 0) is 12.5 Å². The van der Waals surface area contributed by atoms with Gasteiger partial charge in [0.15, 0.2) is 10.9 Å². The summed E-state index contributed by atoms with van der Waals surface area (Å²) < 4.78 is 1.90. The Labute approximate surface area is 185 Å². The predicted octanol–water partition coefficient (Wildman–Crippen LogP) is 5.60. The van der Waals surface area contributed by atoms with Gasteiger partial charge in [0.05, 0.1) is 18.0 Å². The Hall–Kier alpha value is -3.06. The maximum atomic E-state index is 12.8. The number of rotatable bonds is 7. The van der Waals surface area contributed by atoms with E-state index in [2.05, 4.69) is 58.4 Å². The van der Waals surface area contributed by atoms with Crippen molar-refractivity contribution in [3.8, 4) is 0 Å². The molecule has 1 saturated carbocycles. The van der Waals surface area contributed by atoms with Gasteiger partial charge in [0.2, 0.25) is 0 Å². The van der Waals surface area contributed by atoms with Crippen molar-refractivity contribution in [2.24, 2.45) is 7.05 Å². The molecular weight excluding hydrogens is 406 g/mol. The quantitative estimate of drug-likeness (QED) is 0.386. The number of Topliss-reactive ketones (excluding diaryl/α,β-unsaturated/α-hetero) is 1. The lowest BCUT2D eigenvalue weighted by atomic mass is 9.98. The molecule has 6 nitrogen and oxygen atoms in total. The lowest BCUT2D eigenvalue weighted by Gasteiger charge is -2.11. The Morgan fingerprint density at radius 1 is 1.23 bits per heavy atom. The van der Waals surface area contributed by atoms with E-state index in [9.17, 15) is 4.79 Å². The van der Waals surface area contributed by atoms with E-state index < -0.39 is 0 Å². The molecule has 4 aromatic rings. The first-order valence-corrected chi connectivity index (χ1v) is 11.4. The molecule has 0 amide bonds. The average Bonchev–Trinajstić information content (AvgIpc) is 3.18. The number of carbonyl (C=O) groups is 1. The largest absolute Gasteiger partial charge is 0.334 e. The molecule has 1 N–H and O–H groups in total. The summed E-state index contributed by atoms with van der Waals surface area (Å²) in [6.45, 7) is 4.37. The Bertz CT molecular complexity index is 1270. The second-order valence-corrected chi connectivity index (χ2v) is 9.84. The van der Waals surface area contributed by atoms with Gasteiger partial charge in [0, 0.05) is 30.2 Å². The van der Waals surface area contributed by atoms with Crippen molar-refractivity contribution in [3.05, 3.63) is 65.2 Å². The number of hydrogen-bond donors (Lipinski definition) is 1. The van der Waals surface area contributed by atoms with Gasteiger partial charge in [-0.2, -0.15) is 0 Å². The van der Waals surface area contributed by atoms with Crippen LogP contribution in [0.4, 0.5) is 10.8 Å².